The standard InChI is InChI=1S/C12H18N2O5S/c1-17-11-7-13-12(14-8-11)18-9-3-5-10(6-4-9)19-20(2,15)16/h7-10H,3-6H2,1-2H3. The summed E-state index contributed by atoms with van der Waals surface area (Å²) in [7, 11) is -1.84. The highest BCUT2D eigenvalue weighted by molar-refractivity contribution is 7.86. The van der Waals surface area contributed by atoms with E-state index >= 15 is 0 Å². The van der Waals surface area contributed by atoms with Gasteiger partial charge in [0.1, 0.15) is 6.10 Å². The largest absolute Gasteiger partial charge is 0.494 e. The van der Waals surface area contributed by atoms with Crippen LogP contribution in [0.4, 0.5) is 0 Å². The Morgan fingerprint density at radius 3 is 2.15 bits per heavy atom. The lowest BCUT2D eigenvalue weighted by atomic mass is 9.95. The van der Waals surface area contributed by atoms with Crippen molar-refractivity contribution in [2.75, 3.05) is 13.4 Å². The second-order valence-electron chi connectivity index (χ2n) is 4.72. The third-order valence-electron chi connectivity index (χ3n) is 3.04. The van der Waals surface area contributed by atoms with Gasteiger partial charge in [-0.2, -0.15) is 18.4 Å². The lowest BCUT2D eigenvalue weighted by Gasteiger charge is -2.27. The minimum atomic E-state index is -3.39. The van der Waals surface area contributed by atoms with Gasteiger partial charge in [-0.25, -0.2) is 0 Å². The third-order valence-corrected chi connectivity index (χ3v) is 3.67. The molecular weight excluding hydrogens is 284 g/mol. The topological polar surface area (TPSA) is 87.6 Å². The van der Waals surface area contributed by atoms with Gasteiger partial charge in [-0.15, -0.1) is 0 Å². The fourth-order valence-corrected chi connectivity index (χ4v) is 2.80. The van der Waals surface area contributed by atoms with Crippen LogP contribution in [0, 0.1) is 0 Å². The molecule has 0 aliphatic heterocycles. The van der Waals surface area contributed by atoms with Crippen LogP contribution < -0.4 is 9.47 Å². The van der Waals surface area contributed by atoms with Crippen LogP contribution in [-0.4, -0.2) is 44.0 Å². The van der Waals surface area contributed by atoms with Crippen LogP contribution in [-0.2, 0) is 14.3 Å². The Hall–Kier alpha value is -1.41. The van der Waals surface area contributed by atoms with Gasteiger partial charge in [0.05, 0.1) is 31.9 Å². The quantitative estimate of drug-likeness (QED) is 0.754. The first-order valence-electron chi connectivity index (χ1n) is 6.37. The van der Waals surface area contributed by atoms with Gasteiger partial charge in [-0.3, -0.25) is 4.18 Å². The van der Waals surface area contributed by atoms with E-state index in [-0.39, 0.29) is 12.2 Å². The van der Waals surface area contributed by atoms with Gasteiger partial charge in [-0.1, -0.05) is 0 Å². The summed E-state index contributed by atoms with van der Waals surface area (Å²) in [6.45, 7) is 0. The number of hydrogen-bond donors (Lipinski definition) is 0. The van der Waals surface area contributed by atoms with Crippen molar-refractivity contribution in [2.24, 2.45) is 0 Å². The average molecular weight is 302 g/mol. The highest BCUT2D eigenvalue weighted by atomic mass is 32.2. The predicted octanol–water partition coefficient (Wildman–Crippen LogP) is 1.15. The van der Waals surface area contributed by atoms with Gasteiger partial charge in [-0.05, 0) is 25.7 Å². The number of rotatable bonds is 5. The summed E-state index contributed by atoms with van der Waals surface area (Å²) in [6.07, 6.45) is 6.62. The highest BCUT2D eigenvalue weighted by Crippen LogP contribution is 2.25. The molecule has 1 saturated carbocycles. The van der Waals surface area contributed by atoms with E-state index in [0.717, 1.165) is 19.1 Å². The normalized spacial score (nSPS) is 23.3. The molecule has 7 nitrogen and oxygen atoms in total. The van der Waals surface area contributed by atoms with Crippen molar-refractivity contribution in [3.63, 3.8) is 0 Å². The maximum absolute atomic E-state index is 11.0. The lowest BCUT2D eigenvalue weighted by molar-refractivity contribution is 0.0786. The number of hydrogen-bond acceptors (Lipinski definition) is 7. The number of nitrogens with zero attached hydrogens (tertiary/aromatic N) is 2. The van der Waals surface area contributed by atoms with Crippen molar-refractivity contribution in [3.05, 3.63) is 12.4 Å². The van der Waals surface area contributed by atoms with Crippen LogP contribution in [0.2, 0.25) is 0 Å². The predicted molar refractivity (Wildman–Crippen MR) is 71.2 cm³/mol. The first-order chi connectivity index (χ1) is 9.46. The summed E-state index contributed by atoms with van der Waals surface area (Å²) < 4.78 is 37.7. The molecule has 0 radical (unpaired) electrons. The maximum atomic E-state index is 11.0. The second-order valence-corrected chi connectivity index (χ2v) is 6.32. The van der Waals surface area contributed by atoms with E-state index in [4.69, 9.17) is 13.7 Å². The molecule has 0 amide bonds. The smallest absolute Gasteiger partial charge is 0.316 e. The van der Waals surface area contributed by atoms with Crippen molar-refractivity contribution in [2.45, 2.75) is 37.9 Å². The summed E-state index contributed by atoms with van der Waals surface area (Å²) >= 11 is 0. The fraction of sp³-hybridized carbons (Fsp3) is 0.667. The van der Waals surface area contributed by atoms with Crippen LogP contribution in [0.15, 0.2) is 12.4 Å². The van der Waals surface area contributed by atoms with Crippen LogP contribution >= 0.6 is 0 Å². The molecule has 8 heteroatoms. The Morgan fingerprint density at radius 2 is 1.65 bits per heavy atom. The summed E-state index contributed by atoms with van der Waals surface area (Å²) in [4.78, 5) is 8.07. The Bertz CT molecular complexity index is 523. The Labute approximate surface area is 118 Å². The van der Waals surface area contributed by atoms with Crippen LogP contribution in [0.25, 0.3) is 0 Å². The molecular formula is C12H18N2O5S. The molecule has 0 unspecified atom stereocenters. The summed E-state index contributed by atoms with van der Waals surface area (Å²) in [6, 6.07) is 0.304. The van der Waals surface area contributed by atoms with E-state index in [1.807, 2.05) is 0 Å². The fourth-order valence-electron chi connectivity index (χ4n) is 2.11. The van der Waals surface area contributed by atoms with Crippen molar-refractivity contribution in [3.8, 4) is 11.8 Å². The van der Waals surface area contributed by atoms with Gasteiger partial charge in [0, 0.05) is 0 Å². The first-order valence-corrected chi connectivity index (χ1v) is 8.19. The lowest BCUT2D eigenvalue weighted by Crippen LogP contribution is -2.30. The molecule has 20 heavy (non-hydrogen) atoms. The van der Waals surface area contributed by atoms with Crippen molar-refractivity contribution in [1.82, 2.24) is 9.97 Å². The van der Waals surface area contributed by atoms with E-state index in [1.165, 1.54) is 0 Å². The minimum Gasteiger partial charge on any atom is -0.494 e. The van der Waals surface area contributed by atoms with Crippen molar-refractivity contribution >= 4 is 10.1 Å². The van der Waals surface area contributed by atoms with Gasteiger partial charge in [0.15, 0.2) is 5.75 Å². The van der Waals surface area contributed by atoms with E-state index in [2.05, 4.69) is 9.97 Å². The van der Waals surface area contributed by atoms with E-state index < -0.39 is 10.1 Å². The zero-order valence-corrected chi connectivity index (χ0v) is 12.3. The number of ether oxygens (including phenoxy) is 2. The van der Waals surface area contributed by atoms with Crippen LogP contribution in [0.5, 0.6) is 11.8 Å². The second kappa shape index (κ2) is 6.36. The minimum absolute atomic E-state index is 0.0113. The molecule has 1 aromatic rings. The zero-order valence-electron chi connectivity index (χ0n) is 11.5. The molecule has 1 aliphatic rings. The molecule has 0 atom stereocenters. The SMILES string of the molecule is COc1cnc(OC2CCC(OS(C)(=O)=O)CC2)nc1. The molecule has 2 rings (SSSR count). The Balaban J connectivity index is 1.81. The molecule has 1 heterocycles. The van der Waals surface area contributed by atoms with E-state index in [0.29, 0.717) is 24.6 Å². The molecule has 0 bridgehead atoms. The third kappa shape index (κ3) is 4.61. The van der Waals surface area contributed by atoms with E-state index in [1.54, 1.807) is 19.5 Å². The highest BCUT2D eigenvalue weighted by Gasteiger charge is 2.26. The van der Waals surface area contributed by atoms with Gasteiger partial charge >= 0.3 is 6.01 Å². The molecule has 0 N–H and O–H groups in total. The van der Waals surface area contributed by atoms with Gasteiger partial charge in [0.2, 0.25) is 0 Å². The Kier molecular flexibility index (Phi) is 4.77. The summed E-state index contributed by atoms with van der Waals surface area (Å²) in [5.41, 5.74) is 0. The Morgan fingerprint density at radius 1 is 1.10 bits per heavy atom. The maximum Gasteiger partial charge on any atom is 0.316 e. The molecule has 0 spiro atoms. The van der Waals surface area contributed by atoms with Crippen LogP contribution in [0.1, 0.15) is 25.7 Å². The molecule has 112 valence electrons. The zero-order chi connectivity index (χ0) is 14.6. The van der Waals surface area contributed by atoms with Gasteiger partial charge < -0.3 is 9.47 Å². The summed E-state index contributed by atoms with van der Waals surface area (Å²) in [5, 5.41) is 0. The molecule has 1 fully saturated rings. The van der Waals surface area contributed by atoms with Gasteiger partial charge in [0.25, 0.3) is 10.1 Å². The van der Waals surface area contributed by atoms with Crippen molar-refractivity contribution in [1.29, 1.82) is 0 Å². The average Bonchev–Trinajstić information content (AvgIpc) is 2.40. The van der Waals surface area contributed by atoms with Crippen molar-refractivity contribution < 1.29 is 22.1 Å². The summed E-state index contributed by atoms with van der Waals surface area (Å²) in [5.74, 6) is 0.572. The molecule has 0 saturated heterocycles. The van der Waals surface area contributed by atoms with E-state index in [9.17, 15) is 8.42 Å². The van der Waals surface area contributed by atoms with Crippen LogP contribution in [0.3, 0.4) is 0 Å². The number of aromatic nitrogens is 2. The molecule has 1 aromatic heterocycles. The monoisotopic (exact) mass is 302 g/mol. The number of methoxy groups -OCH3 is 1. The molecule has 1 aliphatic carbocycles. The first kappa shape index (κ1) is 15.0. The molecule has 0 aromatic carbocycles.